The first kappa shape index (κ1) is 29.2. The van der Waals surface area contributed by atoms with Gasteiger partial charge in [-0.05, 0) is 66.6 Å². The molecule has 0 amide bonds. The van der Waals surface area contributed by atoms with Gasteiger partial charge in [-0.2, -0.15) is 18.7 Å². The number of aromatic nitrogens is 4. The summed E-state index contributed by atoms with van der Waals surface area (Å²) in [5.41, 5.74) is 3.22. The number of halogens is 2. The van der Waals surface area contributed by atoms with Gasteiger partial charge in [0.25, 0.3) is 0 Å². The Morgan fingerprint density at radius 1 is 0.767 bits per heavy atom. The summed E-state index contributed by atoms with van der Waals surface area (Å²) in [7, 11) is 3.27. The number of anilines is 3. The van der Waals surface area contributed by atoms with Crippen LogP contribution in [0.1, 0.15) is 17.0 Å². The second-order valence-electron chi connectivity index (χ2n) is 9.49. The molecule has 2 heterocycles. The van der Waals surface area contributed by atoms with Gasteiger partial charge in [0.15, 0.2) is 5.82 Å². The molecule has 2 aromatic heterocycles. The number of hydrogen-bond acceptors (Lipinski definition) is 9. The molecule has 0 fully saturated rings. The van der Waals surface area contributed by atoms with E-state index >= 15 is 0 Å². The molecule has 0 saturated heterocycles. The van der Waals surface area contributed by atoms with E-state index in [2.05, 4.69) is 24.9 Å². The molecule has 0 atom stereocenters. The quantitative estimate of drug-likeness (QED) is 0.170. The van der Waals surface area contributed by atoms with Crippen LogP contribution in [0, 0.1) is 6.92 Å². The Kier molecular flexibility index (Phi) is 9.20. The fourth-order valence-electron chi connectivity index (χ4n) is 4.40. The van der Waals surface area contributed by atoms with Crippen molar-refractivity contribution in [2.45, 2.75) is 26.6 Å². The number of nitrogens with one attached hydrogen (secondary N) is 1. The van der Waals surface area contributed by atoms with Crippen molar-refractivity contribution in [2.24, 2.45) is 0 Å². The smallest absolute Gasteiger partial charge is 0.387 e. The highest BCUT2D eigenvalue weighted by Crippen LogP contribution is 2.29. The van der Waals surface area contributed by atoms with Crippen molar-refractivity contribution in [3.05, 3.63) is 108 Å². The molecule has 0 radical (unpaired) electrons. The number of rotatable bonds is 12. The average molecular weight is 585 g/mol. The number of benzene rings is 3. The molecule has 0 unspecified atom stereocenters. The van der Waals surface area contributed by atoms with Crippen LogP contribution in [0.3, 0.4) is 0 Å². The van der Waals surface area contributed by atoms with Gasteiger partial charge in [0.2, 0.25) is 5.95 Å². The van der Waals surface area contributed by atoms with Crippen molar-refractivity contribution in [1.29, 1.82) is 0 Å². The Labute approximate surface area is 248 Å². The second kappa shape index (κ2) is 13.6. The molecular weight excluding hydrogens is 554 g/mol. The summed E-state index contributed by atoms with van der Waals surface area (Å²) in [5, 5.41) is 3.18. The highest BCUT2D eigenvalue weighted by molar-refractivity contribution is 5.75. The summed E-state index contributed by atoms with van der Waals surface area (Å²) >= 11 is 0. The van der Waals surface area contributed by atoms with Crippen LogP contribution >= 0.6 is 0 Å². The Balaban J connectivity index is 1.49. The third-order valence-electron chi connectivity index (χ3n) is 6.45. The zero-order chi connectivity index (χ0) is 30.2. The fraction of sp³-hybridized carbons (Fsp3) is 0.188. The van der Waals surface area contributed by atoms with Gasteiger partial charge in [0, 0.05) is 31.0 Å². The van der Waals surface area contributed by atoms with Gasteiger partial charge in [0.1, 0.15) is 28.9 Å². The lowest BCUT2D eigenvalue weighted by Crippen LogP contribution is -2.25. The minimum atomic E-state index is -2.92. The molecule has 0 spiro atoms. The van der Waals surface area contributed by atoms with Crippen molar-refractivity contribution < 1.29 is 23.0 Å². The van der Waals surface area contributed by atoms with Crippen LogP contribution in [0.4, 0.5) is 26.2 Å². The van der Waals surface area contributed by atoms with E-state index in [-0.39, 0.29) is 5.75 Å². The molecule has 11 heteroatoms. The molecule has 5 aromatic rings. The predicted molar refractivity (Wildman–Crippen MR) is 160 cm³/mol. The SMILES string of the molecule is COc1ccc(CN(Cc2ccc(OC)cc2)c2nc(C)nc(-c3cccnc3Nc3cccc(OC(F)F)c3)n2)cc1. The van der Waals surface area contributed by atoms with Crippen LogP contribution in [-0.2, 0) is 13.1 Å². The summed E-state index contributed by atoms with van der Waals surface area (Å²) in [6.45, 7) is -0.0735. The molecule has 5 rings (SSSR count). The average Bonchev–Trinajstić information content (AvgIpc) is 3.01. The maximum absolute atomic E-state index is 12.8. The third-order valence-corrected chi connectivity index (χ3v) is 6.45. The van der Waals surface area contributed by atoms with Gasteiger partial charge >= 0.3 is 6.61 Å². The van der Waals surface area contributed by atoms with E-state index in [1.807, 2.05) is 61.5 Å². The summed E-state index contributed by atoms with van der Waals surface area (Å²) in [6, 6.07) is 25.6. The van der Waals surface area contributed by atoms with Crippen molar-refractivity contribution in [3.8, 4) is 28.6 Å². The Morgan fingerprint density at radius 2 is 1.42 bits per heavy atom. The molecule has 0 aliphatic rings. The van der Waals surface area contributed by atoms with E-state index in [1.165, 1.54) is 12.1 Å². The predicted octanol–water partition coefficient (Wildman–Crippen LogP) is 6.81. The second-order valence-corrected chi connectivity index (χ2v) is 9.49. The third kappa shape index (κ3) is 7.70. The molecule has 0 bridgehead atoms. The van der Waals surface area contributed by atoms with E-state index in [4.69, 9.17) is 19.4 Å². The number of ether oxygens (including phenoxy) is 3. The van der Waals surface area contributed by atoms with Crippen molar-refractivity contribution >= 4 is 17.5 Å². The highest BCUT2D eigenvalue weighted by atomic mass is 19.3. The lowest BCUT2D eigenvalue weighted by atomic mass is 10.1. The van der Waals surface area contributed by atoms with E-state index < -0.39 is 6.61 Å². The summed E-state index contributed by atoms with van der Waals surface area (Å²) < 4.78 is 40.7. The molecular formula is C32H30F2N6O3. The molecule has 43 heavy (non-hydrogen) atoms. The molecule has 220 valence electrons. The molecule has 9 nitrogen and oxygen atoms in total. The van der Waals surface area contributed by atoms with Crippen LogP contribution in [0.5, 0.6) is 17.2 Å². The van der Waals surface area contributed by atoms with Crippen molar-refractivity contribution in [2.75, 3.05) is 24.4 Å². The van der Waals surface area contributed by atoms with Gasteiger partial charge in [0.05, 0.1) is 19.8 Å². The minimum absolute atomic E-state index is 0.0310. The lowest BCUT2D eigenvalue weighted by molar-refractivity contribution is -0.0498. The van der Waals surface area contributed by atoms with Gasteiger partial charge < -0.3 is 24.4 Å². The maximum Gasteiger partial charge on any atom is 0.387 e. The summed E-state index contributed by atoms with van der Waals surface area (Å²) in [6.07, 6.45) is 1.62. The molecule has 0 saturated carbocycles. The molecule has 0 aliphatic carbocycles. The first-order valence-corrected chi connectivity index (χ1v) is 13.4. The standard InChI is InChI=1S/C32H30F2N6O3/c1-21-36-30(28-8-5-17-35-29(28)38-24-6-4-7-27(18-24)43-31(33)34)39-32(37-21)40(19-22-9-13-25(41-2)14-10-22)20-23-11-15-26(42-3)16-12-23/h4-18,31H,19-20H2,1-3H3,(H,35,38). The van der Waals surface area contributed by atoms with Crippen LogP contribution < -0.4 is 24.4 Å². The van der Waals surface area contributed by atoms with Crippen LogP contribution in [0.15, 0.2) is 91.1 Å². The van der Waals surface area contributed by atoms with Crippen molar-refractivity contribution in [1.82, 2.24) is 19.9 Å². The summed E-state index contributed by atoms with van der Waals surface area (Å²) in [5.74, 6) is 3.44. The number of nitrogens with zero attached hydrogens (tertiary/aromatic N) is 5. The normalized spacial score (nSPS) is 10.8. The molecule has 0 aliphatic heterocycles. The van der Waals surface area contributed by atoms with E-state index in [0.29, 0.717) is 47.8 Å². The minimum Gasteiger partial charge on any atom is -0.497 e. The monoisotopic (exact) mass is 584 g/mol. The first-order valence-electron chi connectivity index (χ1n) is 13.4. The number of aryl methyl sites for hydroxylation is 1. The zero-order valence-electron chi connectivity index (χ0n) is 23.9. The highest BCUT2D eigenvalue weighted by Gasteiger charge is 2.18. The van der Waals surface area contributed by atoms with Crippen molar-refractivity contribution in [3.63, 3.8) is 0 Å². The van der Waals surface area contributed by atoms with E-state index in [1.54, 1.807) is 38.6 Å². The number of methoxy groups -OCH3 is 2. The van der Waals surface area contributed by atoms with Gasteiger partial charge in [-0.1, -0.05) is 30.3 Å². The number of hydrogen-bond donors (Lipinski definition) is 1. The van der Waals surface area contributed by atoms with Gasteiger partial charge in [-0.25, -0.2) is 9.97 Å². The van der Waals surface area contributed by atoms with Gasteiger partial charge in [-0.3, -0.25) is 0 Å². The number of alkyl halides is 2. The zero-order valence-corrected chi connectivity index (χ0v) is 23.9. The first-order chi connectivity index (χ1) is 20.9. The Morgan fingerprint density at radius 3 is 2.02 bits per heavy atom. The molecule has 3 aromatic carbocycles. The fourth-order valence-corrected chi connectivity index (χ4v) is 4.40. The van der Waals surface area contributed by atoms with E-state index in [0.717, 1.165) is 22.6 Å². The van der Waals surface area contributed by atoms with Crippen LogP contribution in [-0.4, -0.2) is 40.8 Å². The summed E-state index contributed by atoms with van der Waals surface area (Å²) in [4.78, 5) is 20.7. The number of pyridine rings is 1. The maximum atomic E-state index is 12.8. The van der Waals surface area contributed by atoms with Crippen LogP contribution in [0.25, 0.3) is 11.4 Å². The Bertz CT molecular complexity index is 1600. The molecule has 1 N–H and O–H groups in total. The topological polar surface area (TPSA) is 94.5 Å². The van der Waals surface area contributed by atoms with E-state index in [9.17, 15) is 8.78 Å². The largest absolute Gasteiger partial charge is 0.497 e. The lowest BCUT2D eigenvalue weighted by Gasteiger charge is -2.24. The van der Waals surface area contributed by atoms with Gasteiger partial charge in [-0.15, -0.1) is 0 Å². The Hall–Kier alpha value is -5.32. The van der Waals surface area contributed by atoms with Crippen LogP contribution in [0.2, 0.25) is 0 Å².